The van der Waals surface area contributed by atoms with Crippen LogP contribution in [0.5, 0.6) is 5.75 Å². The van der Waals surface area contributed by atoms with Gasteiger partial charge in [0.1, 0.15) is 5.75 Å². The van der Waals surface area contributed by atoms with Crippen LogP contribution in [0.2, 0.25) is 0 Å². The first-order valence-electron chi connectivity index (χ1n) is 9.89. The van der Waals surface area contributed by atoms with Gasteiger partial charge < -0.3 is 19.7 Å². The van der Waals surface area contributed by atoms with Gasteiger partial charge in [-0.05, 0) is 30.9 Å². The maximum Gasteiger partial charge on any atom is 0.311 e. The third-order valence-electron chi connectivity index (χ3n) is 5.64. The van der Waals surface area contributed by atoms with E-state index in [4.69, 9.17) is 9.47 Å². The molecule has 2 aliphatic rings. The fourth-order valence-electron chi connectivity index (χ4n) is 3.98. The van der Waals surface area contributed by atoms with E-state index in [-0.39, 0.29) is 37.4 Å². The van der Waals surface area contributed by atoms with Crippen molar-refractivity contribution >= 4 is 23.5 Å². The smallest absolute Gasteiger partial charge is 0.311 e. The van der Waals surface area contributed by atoms with E-state index in [1.54, 1.807) is 12.1 Å². The zero-order valence-electron chi connectivity index (χ0n) is 16.5. The maximum atomic E-state index is 12.4. The van der Waals surface area contributed by atoms with Crippen molar-refractivity contribution in [2.24, 2.45) is 11.8 Å². The van der Waals surface area contributed by atoms with Gasteiger partial charge in [-0.3, -0.25) is 14.4 Å². The summed E-state index contributed by atoms with van der Waals surface area (Å²) in [5.74, 6) is -0.525. The lowest BCUT2D eigenvalue weighted by Gasteiger charge is -2.29. The van der Waals surface area contributed by atoms with Gasteiger partial charge in [0.05, 0.1) is 18.7 Å². The number of nitrogens with one attached hydrogen (secondary N) is 1. The molecule has 1 aliphatic carbocycles. The number of rotatable bonds is 6. The summed E-state index contributed by atoms with van der Waals surface area (Å²) in [4.78, 5) is 38.4. The van der Waals surface area contributed by atoms with E-state index in [1.165, 1.54) is 18.4 Å². The topological polar surface area (TPSA) is 84.9 Å². The first-order chi connectivity index (χ1) is 13.5. The highest BCUT2D eigenvalue weighted by molar-refractivity contribution is 6.00. The zero-order valence-corrected chi connectivity index (χ0v) is 16.5. The Morgan fingerprint density at radius 2 is 1.96 bits per heavy atom. The molecule has 0 spiro atoms. The molecule has 3 atom stereocenters. The van der Waals surface area contributed by atoms with Gasteiger partial charge >= 0.3 is 5.97 Å². The lowest BCUT2D eigenvalue weighted by Crippen LogP contribution is -2.43. The fourth-order valence-corrected chi connectivity index (χ4v) is 3.98. The minimum atomic E-state index is -0.584. The van der Waals surface area contributed by atoms with Gasteiger partial charge in [0.2, 0.25) is 5.91 Å². The predicted octanol–water partition coefficient (Wildman–Crippen LogP) is 2.29. The number of para-hydroxylation sites is 2. The minimum absolute atomic E-state index is 0.0676. The SMILES string of the molecule is COc1ccccc1N1C[C@H](C(=O)OCC(=O)N[C@H]2CCCC[C@@H]2C)CC1=O. The predicted molar refractivity (Wildman–Crippen MR) is 104 cm³/mol. The van der Waals surface area contributed by atoms with Crippen LogP contribution in [0, 0.1) is 11.8 Å². The molecule has 152 valence electrons. The largest absolute Gasteiger partial charge is 0.495 e. The van der Waals surface area contributed by atoms with Crippen LogP contribution >= 0.6 is 0 Å². The third-order valence-corrected chi connectivity index (χ3v) is 5.64. The van der Waals surface area contributed by atoms with Crippen LogP contribution < -0.4 is 15.0 Å². The van der Waals surface area contributed by atoms with Crippen LogP contribution in [-0.4, -0.2) is 44.1 Å². The second-order valence-electron chi connectivity index (χ2n) is 7.62. The summed E-state index contributed by atoms with van der Waals surface area (Å²) in [5.41, 5.74) is 0.634. The molecule has 1 aromatic rings. The Morgan fingerprint density at radius 1 is 1.21 bits per heavy atom. The molecular weight excluding hydrogens is 360 g/mol. The van der Waals surface area contributed by atoms with Crippen molar-refractivity contribution in [3.05, 3.63) is 24.3 Å². The summed E-state index contributed by atoms with van der Waals surface area (Å²) >= 11 is 0. The molecule has 1 saturated heterocycles. The first kappa shape index (κ1) is 20.2. The quantitative estimate of drug-likeness (QED) is 0.756. The molecule has 1 saturated carbocycles. The van der Waals surface area contributed by atoms with E-state index < -0.39 is 11.9 Å². The molecule has 2 amide bonds. The number of carbonyl (C=O) groups is 3. The van der Waals surface area contributed by atoms with E-state index in [0.717, 1.165) is 19.3 Å². The summed E-state index contributed by atoms with van der Waals surface area (Å²) in [7, 11) is 1.54. The molecule has 1 aliphatic heterocycles. The maximum absolute atomic E-state index is 12.4. The monoisotopic (exact) mass is 388 g/mol. The lowest BCUT2D eigenvalue weighted by atomic mass is 9.86. The Balaban J connectivity index is 1.51. The Bertz CT molecular complexity index is 735. The summed E-state index contributed by atoms with van der Waals surface area (Å²) < 4.78 is 10.5. The number of anilines is 1. The van der Waals surface area contributed by atoms with E-state index in [9.17, 15) is 14.4 Å². The molecule has 3 rings (SSSR count). The summed E-state index contributed by atoms with van der Waals surface area (Å²) in [5, 5.41) is 2.96. The number of amides is 2. The number of nitrogens with zero attached hydrogens (tertiary/aromatic N) is 1. The number of benzene rings is 1. The van der Waals surface area contributed by atoms with E-state index in [2.05, 4.69) is 12.2 Å². The average Bonchev–Trinajstić information content (AvgIpc) is 3.09. The molecule has 0 bridgehead atoms. The van der Waals surface area contributed by atoms with Crippen molar-refractivity contribution in [1.82, 2.24) is 5.32 Å². The van der Waals surface area contributed by atoms with Crippen LogP contribution in [0.4, 0.5) is 5.69 Å². The van der Waals surface area contributed by atoms with E-state index >= 15 is 0 Å². The van der Waals surface area contributed by atoms with Crippen molar-refractivity contribution < 1.29 is 23.9 Å². The van der Waals surface area contributed by atoms with Crippen LogP contribution in [-0.2, 0) is 19.1 Å². The summed E-state index contributed by atoms with van der Waals surface area (Å²) in [6.07, 6.45) is 4.44. The van der Waals surface area contributed by atoms with Gasteiger partial charge in [0.15, 0.2) is 6.61 Å². The highest BCUT2D eigenvalue weighted by Gasteiger charge is 2.37. The van der Waals surface area contributed by atoms with Crippen molar-refractivity contribution in [1.29, 1.82) is 0 Å². The van der Waals surface area contributed by atoms with Crippen molar-refractivity contribution in [2.45, 2.75) is 45.1 Å². The molecule has 0 unspecified atom stereocenters. The molecule has 0 aromatic heterocycles. The first-order valence-corrected chi connectivity index (χ1v) is 9.89. The van der Waals surface area contributed by atoms with Gasteiger partial charge in [-0.25, -0.2) is 0 Å². The average molecular weight is 388 g/mol. The van der Waals surface area contributed by atoms with Crippen LogP contribution in [0.25, 0.3) is 0 Å². The number of esters is 1. The van der Waals surface area contributed by atoms with Gasteiger partial charge in [-0.15, -0.1) is 0 Å². The second-order valence-corrected chi connectivity index (χ2v) is 7.62. The molecule has 1 heterocycles. The van der Waals surface area contributed by atoms with Crippen molar-refractivity contribution in [3.63, 3.8) is 0 Å². The van der Waals surface area contributed by atoms with Gasteiger partial charge in [0.25, 0.3) is 5.91 Å². The van der Waals surface area contributed by atoms with Gasteiger partial charge in [-0.1, -0.05) is 31.9 Å². The van der Waals surface area contributed by atoms with Crippen molar-refractivity contribution in [3.8, 4) is 5.75 Å². The fraction of sp³-hybridized carbons (Fsp3) is 0.571. The number of hydrogen-bond donors (Lipinski definition) is 1. The number of carbonyl (C=O) groups excluding carboxylic acids is 3. The Labute approximate surface area is 165 Å². The lowest BCUT2D eigenvalue weighted by molar-refractivity contribution is -0.152. The Hall–Kier alpha value is -2.57. The molecule has 2 fully saturated rings. The minimum Gasteiger partial charge on any atom is -0.495 e. The van der Waals surface area contributed by atoms with Gasteiger partial charge in [-0.2, -0.15) is 0 Å². The Kier molecular flexibility index (Phi) is 6.54. The van der Waals surface area contributed by atoms with Gasteiger partial charge in [0, 0.05) is 19.0 Å². The number of hydrogen-bond acceptors (Lipinski definition) is 5. The van der Waals surface area contributed by atoms with Crippen molar-refractivity contribution in [2.75, 3.05) is 25.2 Å². The van der Waals surface area contributed by atoms with E-state index in [1.807, 2.05) is 12.1 Å². The molecular formula is C21H28N2O5. The Morgan fingerprint density at radius 3 is 2.71 bits per heavy atom. The van der Waals surface area contributed by atoms with E-state index in [0.29, 0.717) is 17.4 Å². The van der Waals surface area contributed by atoms with Crippen LogP contribution in [0.3, 0.4) is 0 Å². The zero-order chi connectivity index (χ0) is 20.1. The summed E-state index contributed by atoms with van der Waals surface area (Å²) in [6.45, 7) is 2.05. The third kappa shape index (κ3) is 4.64. The molecule has 1 N–H and O–H groups in total. The summed E-state index contributed by atoms with van der Waals surface area (Å²) in [6, 6.07) is 7.33. The molecule has 7 heteroatoms. The second kappa shape index (κ2) is 9.08. The van der Waals surface area contributed by atoms with Crippen LogP contribution in [0.1, 0.15) is 39.0 Å². The highest BCUT2D eigenvalue weighted by atomic mass is 16.5. The molecule has 1 aromatic carbocycles. The molecule has 7 nitrogen and oxygen atoms in total. The molecule has 28 heavy (non-hydrogen) atoms. The normalized spacial score (nSPS) is 24.7. The molecule has 0 radical (unpaired) electrons. The highest BCUT2D eigenvalue weighted by Crippen LogP contribution is 2.33. The number of methoxy groups -OCH3 is 1. The number of ether oxygens (including phenoxy) is 2. The van der Waals surface area contributed by atoms with Crippen LogP contribution in [0.15, 0.2) is 24.3 Å². The standard InChI is InChI=1S/C21H28N2O5/c1-14-7-3-4-8-16(14)22-19(24)13-28-21(26)15-11-20(25)23(12-15)17-9-5-6-10-18(17)27-2/h5-6,9-10,14-16H,3-4,7-8,11-13H2,1-2H3,(H,22,24)/t14-,15+,16-/m0/s1.